The van der Waals surface area contributed by atoms with Gasteiger partial charge in [0.05, 0.1) is 24.6 Å². The number of allylic oxidation sites excluding steroid dienone is 3. The van der Waals surface area contributed by atoms with Gasteiger partial charge < -0.3 is 9.30 Å². The third-order valence-electron chi connectivity index (χ3n) is 4.85. The number of halogens is 1. The van der Waals surface area contributed by atoms with Gasteiger partial charge in [0.15, 0.2) is 5.65 Å². The van der Waals surface area contributed by atoms with Crippen molar-refractivity contribution in [2.75, 3.05) is 24.7 Å². The van der Waals surface area contributed by atoms with Crippen LogP contribution in [0, 0.1) is 0 Å². The van der Waals surface area contributed by atoms with Gasteiger partial charge in [0, 0.05) is 32.2 Å². The minimum Gasteiger partial charge on any atom is -0.381 e. The summed E-state index contributed by atoms with van der Waals surface area (Å²) in [5.74, 6) is 0.296. The molecule has 4 rings (SSSR count). The second kappa shape index (κ2) is 8.43. The zero-order chi connectivity index (χ0) is 19.3. The smallest absolute Gasteiger partial charge is 0.233 e. The highest BCUT2D eigenvalue weighted by Crippen LogP contribution is 2.25. The predicted octanol–water partition coefficient (Wildman–Crippen LogP) is 3.73. The van der Waals surface area contributed by atoms with E-state index < -0.39 is 0 Å². The summed E-state index contributed by atoms with van der Waals surface area (Å²) in [5.41, 5.74) is 1.92. The fourth-order valence-corrected chi connectivity index (χ4v) is 3.33. The summed E-state index contributed by atoms with van der Waals surface area (Å²) in [4.78, 5) is 19.7. The summed E-state index contributed by atoms with van der Waals surface area (Å²) < 4.78 is 21.3. The molecule has 7 nitrogen and oxygen atoms in total. The fraction of sp³-hybridized carbons (Fsp3) is 0.400. The average Bonchev–Trinajstić information content (AvgIpc) is 3.12. The molecule has 0 bridgehead atoms. The molecule has 4 heterocycles. The van der Waals surface area contributed by atoms with Crippen molar-refractivity contribution in [1.82, 2.24) is 19.5 Å². The van der Waals surface area contributed by atoms with E-state index >= 15 is 0 Å². The molecule has 0 atom stereocenters. The van der Waals surface area contributed by atoms with Crippen LogP contribution < -0.4 is 4.90 Å². The maximum absolute atomic E-state index is 13.7. The number of fused-ring (bicyclic) bond motifs is 1. The van der Waals surface area contributed by atoms with Gasteiger partial charge in [-0.2, -0.15) is 4.98 Å². The van der Waals surface area contributed by atoms with Crippen molar-refractivity contribution in [3.8, 4) is 0 Å². The summed E-state index contributed by atoms with van der Waals surface area (Å²) in [7, 11) is 0. The number of nitrogens with zero attached hydrogens (tertiary/aromatic N) is 6. The Labute approximate surface area is 163 Å². The van der Waals surface area contributed by atoms with Crippen molar-refractivity contribution >= 4 is 23.5 Å². The minimum absolute atomic E-state index is 0.224. The zero-order valence-corrected chi connectivity index (χ0v) is 15.7. The average molecular weight is 382 g/mol. The molecule has 2 aromatic heterocycles. The molecule has 1 saturated heterocycles. The first kappa shape index (κ1) is 18.5. The van der Waals surface area contributed by atoms with Gasteiger partial charge in [0.25, 0.3) is 0 Å². The van der Waals surface area contributed by atoms with Crippen molar-refractivity contribution in [1.29, 1.82) is 0 Å². The molecule has 0 amide bonds. The van der Waals surface area contributed by atoms with Crippen LogP contribution in [-0.4, -0.2) is 45.6 Å². The van der Waals surface area contributed by atoms with Crippen LogP contribution in [0.15, 0.2) is 53.8 Å². The predicted molar refractivity (Wildman–Crippen MR) is 107 cm³/mol. The van der Waals surface area contributed by atoms with Crippen LogP contribution >= 0.6 is 0 Å². The molecule has 2 aliphatic heterocycles. The maximum atomic E-state index is 13.7. The summed E-state index contributed by atoms with van der Waals surface area (Å²) in [6.07, 6.45) is 13.3. The molecule has 0 spiro atoms. The Morgan fingerprint density at radius 1 is 1.18 bits per heavy atom. The second-order valence-electron chi connectivity index (χ2n) is 6.86. The molecule has 0 aliphatic carbocycles. The molecule has 2 aromatic rings. The van der Waals surface area contributed by atoms with Crippen molar-refractivity contribution in [3.05, 3.63) is 48.9 Å². The largest absolute Gasteiger partial charge is 0.381 e. The number of aliphatic imine (C=N–C) groups is 1. The molecule has 2 aliphatic rings. The van der Waals surface area contributed by atoms with Crippen molar-refractivity contribution in [2.45, 2.75) is 31.7 Å². The lowest BCUT2D eigenvalue weighted by molar-refractivity contribution is 0.0704. The summed E-state index contributed by atoms with van der Waals surface area (Å²) >= 11 is 0. The van der Waals surface area contributed by atoms with E-state index in [9.17, 15) is 4.39 Å². The lowest BCUT2D eigenvalue weighted by atomic mass is 10.1. The van der Waals surface area contributed by atoms with Crippen molar-refractivity contribution in [2.24, 2.45) is 4.99 Å². The highest BCUT2D eigenvalue weighted by atomic mass is 19.1. The normalized spacial score (nSPS) is 22.7. The first-order chi connectivity index (χ1) is 13.7. The Kier molecular flexibility index (Phi) is 5.57. The molecule has 1 fully saturated rings. The molecule has 28 heavy (non-hydrogen) atoms. The van der Waals surface area contributed by atoms with Crippen LogP contribution in [-0.2, 0) is 4.74 Å². The first-order valence-electron chi connectivity index (χ1n) is 9.49. The van der Waals surface area contributed by atoms with E-state index in [0.717, 1.165) is 37.2 Å². The van der Waals surface area contributed by atoms with Gasteiger partial charge in [-0.05, 0) is 25.3 Å². The fourth-order valence-electron chi connectivity index (χ4n) is 3.33. The Bertz CT molecular complexity index is 941. The number of hydrogen-bond acceptors (Lipinski definition) is 6. The topological polar surface area (TPSA) is 68.4 Å². The Hall–Kier alpha value is -2.87. The molecule has 0 saturated carbocycles. The quantitative estimate of drug-likeness (QED) is 0.741. The first-order valence-corrected chi connectivity index (χ1v) is 9.49. The van der Waals surface area contributed by atoms with Crippen LogP contribution in [0.2, 0.25) is 0 Å². The molecular formula is C20H23FN6O. The van der Waals surface area contributed by atoms with Crippen LogP contribution in [0.25, 0.3) is 11.2 Å². The zero-order valence-electron chi connectivity index (χ0n) is 15.7. The monoisotopic (exact) mass is 382 g/mol. The van der Waals surface area contributed by atoms with Crippen LogP contribution in [0.4, 0.5) is 10.3 Å². The molecular weight excluding hydrogens is 359 g/mol. The lowest BCUT2D eigenvalue weighted by Gasteiger charge is -2.23. The second-order valence-corrected chi connectivity index (χ2v) is 6.86. The van der Waals surface area contributed by atoms with Gasteiger partial charge in [0.2, 0.25) is 5.95 Å². The van der Waals surface area contributed by atoms with Gasteiger partial charge in [-0.15, -0.1) is 0 Å². The summed E-state index contributed by atoms with van der Waals surface area (Å²) in [6, 6.07) is 0.325. The Morgan fingerprint density at radius 3 is 2.89 bits per heavy atom. The molecule has 0 aromatic carbocycles. The number of hydrogen-bond donors (Lipinski definition) is 0. The van der Waals surface area contributed by atoms with Gasteiger partial charge in [-0.3, -0.25) is 4.90 Å². The number of aromatic nitrogens is 4. The Balaban J connectivity index is 1.66. The van der Waals surface area contributed by atoms with Crippen LogP contribution in [0.1, 0.15) is 31.7 Å². The highest BCUT2D eigenvalue weighted by molar-refractivity contribution is 5.80. The molecule has 146 valence electrons. The van der Waals surface area contributed by atoms with Crippen LogP contribution in [0.3, 0.4) is 0 Å². The molecule has 0 radical (unpaired) electrons. The standard InChI is InChI=1S/C20H23FN6O/c1-15-11-16(21)5-3-2-4-8-26(13-23-15)20-22-12-18-19(25-20)27(14-24-18)17-6-9-28-10-7-17/h2,4,11-14,17H,1,3,5-10H2/b4-2-,16-11+,23-13?. The van der Waals surface area contributed by atoms with Gasteiger partial charge in [0.1, 0.15) is 11.3 Å². The molecule has 8 heteroatoms. The summed E-state index contributed by atoms with van der Waals surface area (Å²) in [5, 5.41) is 0. The van der Waals surface area contributed by atoms with E-state index in [1.165, 1.54) is 6.08 Å². The van der Waals surface area contributed by atoms with Gasteiger partial charge in [-0.25, -0.2) is 19.4 Å². The highest BCUT2D eigenvalue weighted by Gasteiger charge is 2.19. The SMILES string of the molecule is C=C1/C=C(/F)CC/C=C\CN(c2ncc3ncn(C4CCOCC4)c3n2)C=N1. The van der Waals surface area contributed by atoms with E-state index in [4.69, 9.17) is 9.72 Å². The van der Waals surface area contributed by atoms with Gasteiger partial charge in [-0.1, -0.05) is 18.7 Å². The van der Waals surface area contributed by atoms with Crippen LogP contribution in [0.5, 0.6) is 0 Å². The van der Waals surface area contributed by atoms with Gasteiger partial charge >= 0.3 is 0 Å². The maximum Gasteiger partial charge on any atom is 0.233 e. The molecule has 0 N–H and O–H groups in total. The van der Waals surface area contributed by atoms with E-state index in [2.05, 4.69) is 26.1 Å². The van der Waals surface area contributed by atoms with E-state index in [-0.39, 0.29) is 5.83 Å². The molecule has 0 unspecified atom stereocenters. The van der Waals surface area contributed by atoms with Crippen molar-refractivity contribution in [3.63, 3.8) is 0 Å². The Morgan fingerprint density at radius 2 is 2.04 bits per heavy atom. The van der Waals surface area contributed by atoms with E-state index in [1.807, 2.05) is 23.4 Å². The number of rotatable bonds is 2. The van der Waals surface area contributed by atoms with Crippen molar-refractivity contribution < 1.29 is 9.13 Å². The third-order valence-corrected chi connectivity index (χ3v) is 4.85. The minimum atomic E-state index is -0.224. The number of imidazole rings is 1. The number of anilines is 1. The van der Waals surface area contributed by atoms with E-state index in [1.54, 1.807) is 12.5 Å². The van der Waals surface area contributed by atoms with E-state index in [0.29, 0.717) is 37.1 Å². The number of ether oxygens (including phenoxy) is 1. The summed E-state index contributed by atoms with van der Waals surface area (Å²) in [6.45, 7) is 5.82. The lowest BCUT2D eigenvalue weighted by Crippen LogP contribution is -2.24. The third kappa shape index (κ3) is 4.17.